The highest BCUT2D eigenvalue weighted by Crippen LogP contribution is 2.29. The van der Waals surface area contributed by atoms with Crippen LogP contribution in [0.3, 0.4) is 0 Å². The van der Waals surface area contributed by atoms with Gasteiger partial charge in [-0.1, -0.05) is 19.3 Å². The highest BCUT2D eigenvalue weighted by atomic mass is 79.9. The molecule has 1 aromatic rings. The van der Waals surface area contributed by atoms with E-state index in [1.165, 1.54) is 37.5 Å². The topological polar surface area (TPSA) is 63.2 Å². The highest BCUT2D eigenvalue weighted by Gasteiger charge is 2.19. The van der Waals surface area contributed by atoms with E-state index >= 15 is 0 Å². The molecule has 0 bridgehead atoms. The summed E-state index contributed by atoms with van der Waals surface area (Å²) in [4.78, 5) is 12.0. The van der Waals surface area contributed by atoms with Gasteiger partial charge in [0.05, 0.1) is 10.5 Å². The summed E-state index contributed by atoms with van der Waals surface area (Å²) in [6, 6.07) is 4.15. The Bertz CT molecular complexity index is 614. The first-order chi connectivity index (χ1) is 9.38. The summed E-state index contributed by atoms with van der Waals surface area (Å²) in [6.07, 6.45) is 4.72. The number of carbonyl (C=O) groups is 1. The van der Waals surface area contributed by atoms with Gasteiger partial charge >= 0.3 is 0 Å². The van der Waals surface area contributed by atoms with E-state index in [9.17, 15) is 13.2 Å². The predicted molar refractivity (Wildman–Crippen MR) is 81.5 cm³/mol. The van der Waals surface area contributed by atoms with Crippen molar-refractivity contribution in [3.05, 3.63) is 28.2 Å². The number of hydrogen-bond acceptors (Lipinski definition) is 3. The first-order valence-corrected chi connectivity index (χ1v) is 9.50. The molecule has 0 atom stereocenters. The summed E-state index contributed by atoms with van der Waals surface area (Å²) in [6.45, 7) is 0.605. The summed E-state index contributed by atoms with van der Waals surface area (Å²) in [5, 5.41) is 2.81. The molecule has 1 aliphatic carbocycles. The molecule has 1 amide bonds. The maximum absolute atomic E-state index is 12.1. The molecule has 4 nitrogen and oxygen atoms in total. The molecule has 0 radical (unpaired) electrons. The Hall–Kier alpha value is -0.590. The third-order valence-electron chi connectivity index (χ3n) is 3.53. The molecule has 0 aliphatic heterocycles. The van der Waals surface area contributed by atoms with Gasteiger partial charge in [0.15, 0.2) is 0 Å². The number of benzene rings is 1. The van der Waals surface area contributed by atoms with Gasteiger partial charge in [-0.2, -0.15) is 0 Å². The van der Waals surface area contributed by atoms with Crippen LogP contribution in [0.25, 0.3) is 0 Å². The number of rotatable bonds is 5. The SMILES string of the molecule is O=C(NCCC1CCC1)c1cc(S(=O)(=O)Cl)ccc1Br. The zero-order chi connectivity index (χ0) is 14.8. The van der Waals surface area contributed by atoms with Crippen molar-refractivity contribution in [2.45, 2.75) is 30.6 Å². The molecule has 2 rings (SSSR count). The molecule has 20 heavy (non-hydrogen) atoms. The third-order valence-corrected chi connectivity index (χ3v) is 5.57. The average molecular weight is 381 g/mol. The molecule has 0 aromatic heterocycles. The van der Waals surface area contributed by atoms with Gasteiger partial charge < -0.3 is 5.32 Å². The predicted octanol–water partition coefficient (Wildman–Crippen LogP) is 3.30. The van der Waals surface area contributed by atoms with Gasteiger partial charge in [0, 0.05) is 21.7 Å². The van der Waals surface area contributed by atoms with Crippen molar-refractivity contribution in [2.75, 3.05) is 6.54 Å². The number of halogens is 2. The second kappa shape index (κ2) is 6.45. The van der Waals surface area contributed by atoms with Crippen molar-refractivity contribution < 1.29 is 13.2 Å². The van der Waals surface area contributed by atoms with Crippen LogP contribution in [0.5, 0.6) is 0 Å². The van der Waals surface area contributed by atoms with Crippen LogP contribution in [0.2, 0.25) is 0 Å². The molecule has 1 aromatic carbocycles. The van der Waals surface area contributed by atoms with Gasteiger partial charge in [-0.05, 0) is 46.5 Å². The fourth-order valence-electron chi connectivity index (χ4n) is 2.10. The second-order valence-electron chi connectivity index (χ2n) is 4.92. The van der Waals surface area contributed by atoms with Crippen LogP contribution in [-0.4, -0.2) is 20.9 Å². The zero-order valence-corrected chi connectivity index (χ0v) is 13.9. The molecule has 0 unspecified atom stereocenters. The Morgan fingerprint density at radius 1 is 1.40 bits per heavy atom. The molecule has 0 spiro atoms. The lowest BCUT2D eigenvalue weighted by molar-refractivity contribution is 0.0948. The Morgan fingerprint density at radius 2 is 2.10 bits per heavy atom. The van der Waals surface area contributed by atoms with Gasteiger partial charge in [0.1, 0.15) is 0 Å². The minimum Gasteiger partial charge on any atom is -0.352 e. The second-order valence-corrected chi connectivity index (χ2v) is 8.34. The van der Waals surface area contributed by atoms with Gasteiger partial charge in [-0.25, -0.2) is 8.42 Å². The van der Waals surface area contributed by atoms with Crippen LogP contribution >= 0.6 is 26.6 Å². The van der Waals surface area contributed by atoms with Crippen LogP contribution < -0.4 is 5.32 Å². The Balaban J connectivity index is 2.04. The third kappa shape index (κ3) is 3.96. The van der Waals surface area contributed by atoms with Crippen LogP contribution in [0.1, 0.15) is 36.0 Å². The lowest BCUT2D eigenvalue weighted by atomic mass is 9.83. The van der Waals surface area contributed by atoms with Gasteiger partial charge in [-0.3, -0.25) is 4.79 Å². The number of nitrogens with one attached hydrogen (secondary N) is 1. The average Bonchev–Trinajstić information content (AvgIpc) is 2.31. The summed E-state index contributed by atoms with van der Waals surface area (Å²) < 4.78 is 23.1. The maximum Gasteiger partial charge on any atom is 0.261 e. The first-order valence-electron chi connectivity index (χ1n) is 6.40. The van der Waals surface area contributed by atoms with Crippen LogP contribution in [0.15, 0.2) is 27.6 Å². The minimum atomic E-state index is -3.83. The quantitative estimate of drug-likeness (QED) is 0.797. The van der Waals surface area contributed by atoms with Crippen molar-refractivity contribution >= 4 is 41.6 Å². The van der Waals surface area contributed by atoms with E-state index in [0.717, 1.165) is 6.42 Å². The van der Waals surface area contributed by atoms with E-state index in [1.54, 1.807) is 0 Å². The number of amides is 1. The first kappa shape index (κ1) is 15.8. The lowest BCUT2D eigenvalue weighted by Crippen LogP contribution is -2.27. The minimum absolute atomic E-state index is 0.0773. The van der Waals surface area contributed by atoms with Crippen LogP contribution in [0.4, 0.5) is 0 Å². The summed E-state index contributed by atoms with van der Waals surface area (Å²) >= 11 is 3.24. The van der Waals surface area contributed by atoms with Gasteiger partial charge in [0.25, 0.3) is 15.0 Å². The number of carbonyl (C=O) groups excluding carboxylic acids is 1. The fourth-order valence-corrected chi connectivity index (χ4v) is 3.30. The monoisotopic (exact) mass is 379 g/mol. The van der Waals surface area contributed by atoms with Crippen LogP contribution in [-0.2, 0) is 9.05 Å². The molecule has 0 heterocycles. The van der Waals surface area contributed by atoms with Crippen molar-refractivity contribution in [3.8, 4) is 0 Å². The van der Waals surface area contributed by atoms with E-state index in [1.807, 2.05) is 0 Å². The molecule has 1 fully saturated rings. The molecule has 1 N–H and O–H groups in total. The van der Waals surface area contributed by atoms with Crippen molar-refractivity contribution in [3.63, 3.8) is 0 Å². The molecule has 110 valence electrons. The normalized spacial score (nSPS) is 15.7. The molecule has 0 saturated heterocycles. The lowest BCUT2D eigenvalue weighted by Gasteiger charge is -2.25. The van der Waals surface area contributed by atoms with Crippen molar-refractivity contribution in [1.29, 1.82) is 0 Å². The van der Waals surface area contributed by atoms with E-state index in [4.69, 9.17) is 10.7 Å². The molecular formula is C13H15BrClNO3S. The standard InChI is InChI=1S/C13H15BrClNO3S/c14-12-5-4-10(20(15,18)19)8-11(12)13(17)16-7-6-9-2-1-3-9/h4-5,8-9H,1-3,6-7H2,(H,16,17). The number of hydrogen-bond donors (Lipinski definition) is 1. The summed E-state index contributed by atoms with van der Waals surface area (Å²) in [7, 11) is 1.45. The van der Waals surface area contributed by atoms with Gasteiger partial charge in [-0.15, -0.1) is 0 Å². The Kier molecular flexibility index (Phi) is 5.09. The maximum atomic E-state index is 12.1. The van der Waals surface area contributed by atoms with Crippen molar-refractivity contribution in [1.82, 2.24) is 5.32 Å². The van der Waals surface area contributed by atoms with E-state index in [2.05, 4.69) is 21.2 Å². The zero-order valence-electron chi connectivity index (χ0n) is 10.7. The highest BCUT2D eigenvalue weighted by molar-refractivity contribution is 9.10. The smallest absolute Gasteiger partial charge is 0.261 e. The molecule has 1 aliphatic rings. The van der Waals surface area contributed by atoms with E-state index < -0.39 is 9.05 Å². The summed E-state index contributed by atoms with van der Waals surface area (Å²) in [5.74, 6) is 0.423. The largest absolute Gasteiger partial charge is 0.352 e. The van der Waals surface area contributed by atoms with E-state index in [-0.39, 0.29) is 16.4 Å². The fraction of sp³-hybridized carbons (Fsp3) is 0.462. The summed E-state index contributed by atoms with van der Waals surface area (Å²) in [5.41, 5.74) is 0.278. The molecular weight excluding hydrogens is 366 g/mol. The molecule has 1 saturated carbocycles. The molecule has 7 heteroatoms. The van der Waals surface area contributed by atoms with Gasteiger partial charge in [0.2, 0.25) is 0 Å². The Labute approximate surface area is 131 Å². The Morgan fingerprint density at radius 3 is 2.65 bits per heavy atom. The van der Waals surface area contributed by atoms with Crippen molar-refractivity contribution in [2.24, 2.45) is 5.92 Å². The van der Waals surface area contributed by atoms with E-state index in [0.29, 0.717) is 16.9 Å². The van der Waals surface area contributed by atoms with Crippen LogP contribution in [0, 0.1) is 5.92 Å².